The summed E-state index contributed by atoms with van der Waals surface area (Å²) in [4.78, 5) is 0. The van der Waals surface area contributed by atoms with Crippen molar-refractivity contribution < 1.29 is 5.11 Å². The Kier molecular flexibility index (Phi) is 8.51. The van der Waals surface area contributed by atoms with Gasteiger partial charge in [-0.25, -0.2) is 0 Å². The minimum absolute atomic E-state index is 0.370. The van der Waals surface area contributed by atoms with Gasteiger partial charge in [-0.15, -0.1) is 0 Å². The van der Waals surface area contributed by atoms with Crippen molar-refractivity contribution >= 4 is 0 Å². The second-order valence-electron chi connectivity index (χ2n) is 5.06. The molecule has 16 heavy (non-hydrogen) atoms. The molecule has 1 nitrogen and oxygen atoms in total. The summed E-state index contributed by atoms with van der Waals surface area (Å²) in [5.74, 6) is 0. The summed E-state index contributed by atoms with van der Waals surface area (Å²) >= 11 is 0. The van der Waals surface area contributed by atoms with Gasteiger partial charge in [0, 0.05) is 6.61 Å². The molecule has 0 amide bonds. The van der Waals surface area contributed by atoms with E-state index in [2.05, 4.69) is 6.08 Å². The van der Waals surface area contributed by atoms with E-state index in [9.17, 15) is 0 Å². The van der Waals surface area contributed by atoms with Gasteiger partial charge in [0.05, 0.1) is 0 Å². The lowest BCUT2D eigenvalue weighted by Crippen LogP contribution is -1.85. The summed E-state index contributed by atoms with van der Waals surface area (Å²) in [5, 5.41) is 8.64. The van der Waals surface area contributed by atoms with Crippen molar-refractivity contribution in [1.29, 1.82) is 0 Å². The smallest absolute Gasteiger partial charge is 0.0431 e. The van der Waals surface area contributed by atoms with Crippen LogP contribution in [0.2, 0.25) is 0 Å². The van der Waals surface area contributed by atoms with Crippen LogP contribution in [0.1, 0.15) is 77.0 Å². The highest BCUT2D eigenvalue weighted by Crippen LogP contribution is 2.23. The molecule has 0 heterocycles. The molecule has 1 rings (SSSR count). The summed E-state index contributed by atoms with van der Waals surface area (Å²) in [5.41, 5.74) is 1.72. The van der Waals surface area contributed by atoms with Crippen molar-refractivity contribution in [1.82, 2.24) is 0 Å². The van der Waals surface area contributed by atoms with Crippen LogP contribution in [0.25, 0.3) is 0 Å². The van der Waals surface area contributed by atoms with Crippen LogP contribution in [0.15, 0.2) is 11.6 Å². The average molecular weight is 224 g/mol. The molecule has 1 aliphatic carbocycles. The summed E-state index contributed by atoms with van der Waals surface area (Å²) in [6, 6.07) is 0. The maximum atomic E-state index is 8.64. The Morgan fingerprint density at radius 2 is 1.50 bits per heavy atom. The summed E-state index contributed by atoms with van der Waals surface area (Å²) < 4.78 is 0. The highest BCUT2D eigenvalue weighted by Gasteiger charge is 2.03. The molecule has 0 aromatic carbocycles. The fourth-order valence-corrected chi connectivity index (χ4v) is 2.49. The zero-order chi connectivity index (χ0) is 11.5. The molecular formula is C15H28O. The summed E-state index contributed by atoms with van der Waals surface area (Å²) in [7, 11) is 0. The van der Waals surface area contributed by atoms with Gasteiger partial charge in [0.25, 0.3) is 0 Å². The van der Waals surface area contributed by atoms with Gasteiger partial charge in [0.1, 0.15) is 0 Å². The van der Waals surface area contributed by atoms with Crippen molar-refractivity contribution in [3.05, 3.63) is 11.6 Å². The van der Waals surface area contributed by atoms with Crippen LogP contribution in [0.3, 0.4) is 0 Å². The van der Waals surface area contributed by atoms with E-state index in [4.69, 9.17) is 5.11 Å². The molecule has 0 bridgehead atoms. The first kappa shape index (κ1) is 13.8. The minimum atomic E-state index is 0.370. The molecule has 0 aromatic heterocycles. The van der Waals surface area contributed by atoms with E-state index in [0.29, 0.717) is 6.61 Å². The molecule has 0 aromatic rings. The predicted molar refractivity (Wildman–Crippen MR) is 70.6 cm³/mol. The number of allylic oxidation sites excluding steroid dienone is 2. The standard InChI is InChI=1S/C15H28O/c16-14-10-6-4-2-1-3-5-7-11-15-12-8-9-13-15/h12,16H,1-11,13-14H2. The van der Waals surface area contributed by atoms with E-state index in [1.165, 1.54) is 70.6 Å². The number of aliphatic hydroxyl groups excluding tert-OH is 1. The van der Waals surface area contributed by atoms with Crippen molar-refractivity contribution in [3.8, 4) is 0 Å². The average Bonchev–Trinajstić information content (AvgIpc) is 2.80. The zero-order valence-corrected chi connectivity index (χ0v) is 10.7. The zero-order valence-electron chi connectivity index (χ0n) is 10.7. The van der Waals surface area contributed by atoms with Crippen LogP contribution in [-0.2, 0) is 0 Å². The third-order valence-corrected chi connectivity index (χ3v) is 3.54. The summed E-state index contributed by atoms with van der Waals surface area (Å²) in [6.45, 7) is 0.370. The van der Waals surface area contributed by atoms with Gasteiger partial charge < -0.3 is 5.11 Å². The molecule has 0 saturated carbocycles. The largest absolute Gasteiger partial charge is 0.396 e. The highest BCUT2D eigenvalue weighted by atomic mass is 16.2. The second kappa shape index (κ2) is 9.89. The number of rotatable bonds is 10. The molecular weight excluding hydrogens is 196 g/mol. The van der Waals surface area contributed by atoms with Gasteiger partial charge >= 0.3 is 0 Å². The maximum absolute atomic E-state index is 8.64. The van der Waals surface area contributed by atoms with Gasteiger partial charge in [0.15, 0.2) is 0 Å². The molecule has 0 spiro atoms. The minimum Gasteiger partial charge on any atom is -0.396 e. The molecule has 1 N–H and O–H groups in total. The number of hydrogen-bond acceptors (Lipinski definition) is 1. The van der Waals surface area contributed by atoms with Crippen LogP contribution >= 0.6 is 0 Å². The van der Waals surface area contributed by atoms with E-state index in [1.807, 2.05) is 0 Å². The number of hydrogen-bond donors (Lipinski definition) is 1. The molecule has 0 unspecified atom stereocenters. The monoisotopic (exact) mass is 224 g/mol. The Labute approximate surface area is 101 Å². The van der Waals surface area contributed by atoms with Crippen molar-refractivity contribution in [3.63, 3.8) is 0 Å². The fraction of sp³-hybridized carbons (Fsp3) is 0.867. The lowest BCUT2D eigenvalue weighted by atomic mass is 10.0. The number of unbranched alkanes of at least 4 members (excludes halogenated alkanes) is 7. The van der Waals surface area contributed by atoms with E-state index < -0.39 is 0 Å². The third-order valence-electron chi connectivity index (χ3n) is 3.54. The normalized spacial score (nSPS) is 15.4. The number of aliphatic hydroxyl groups is 1. The first-order valence-electron chi connectivity index (χ1n) is 7.22. The Hall–Kier alpha value is -0.300. The molecule has 94 valence electrons. The lowest BCUT2D eigenvalue weighted by Gasteiger charge is -2.03. The van der Waals surface area contributed by atoms with Gasteiger partial charge in [-0.05, 0) is 38.5 Å². The van der Waals surface area contributed by atoms with Crippen LogP contribution in [0.4, 0.5) is 0 Å². The molecule has 1 aliphatic rings. The van der Waals surface area contributed by atoms with E-state index in [0.717, 1.165) is 6.42 Å². The van der Waals surface area contributed by atoms with Gasteiger partial charge in [-0.3, -0.25) is 0 Å². The Morgan fingerprint density at radius 3 is 2.06 bits per heavy atom. The van der Waals surface area contributed by atoms with Crippen LogP contribution < -0.4 is 0 Å². The lowest BCUT2D eigenvalue weighted by molar-refractivity contribution is 0.282. The van der Waals surface area contributed by atoms with Gasteiger partial charge in [0.2, 0.25) is 0 Å². The van der Waals surface area contributed by atoms with Crippen molar-refractivity contribution in [2.75, 3.05) is 6.61 Å². The third kappa shape index (κ3) is 7.05. The van der Waals surface area contributed by atoms with Gasteiger partial charge in [-0.1, -0.05) is 50.2 Å². The highest BCUT2D eigenvalue weighted by molar-refractivity contribution is 5.06. The SMILES string of the molecule is OCCCCCCCCCCC1=CCCC1. The summed E-state index contributed by atoms with van der Waals surface area (Å²) in [6.07, 6.45) is 18.4. The molecule has 0 aliphatic heterocycles. The topological polar surface area (TPSA) is 20.2 Å². The quantitative estimate of drug-likeness (QED) is 0.425. The predicted octanol–water partition coefficient (Wildman–Crippen LogP) is 4.60. The maximum Gasteiger partial charge on any atom is 0.0431 e. The van der Waals surface area contributed by atoms with E-state index >= 15 is 0 Å². The van der Waals surface area contributed by atoms with Crippen molar-refractivity contribution in [2.24, 2.45) is 0 Å². The second-order valence-corrected chi connectivity index (χ2v) is 5.06. The molecule has 0 radical (unpaired) electrons. The van der Waals surface area contributed by atoms with E-state index in [1.54, 1.807) is 5.57 Å². The molecule has 0 fully saturated rings. The Balaban J connectivity index is 1.74. The van der Waals surface area contributed by atoms with Gasteiger partial charge in [-0.2, -0.15) is 0 Å². The van der Waals surface area contributed by atoms with Crippen LogP contribution in [-0.4, -0.2) is 11.7 Å². The van der Waals surface area contributed by atoms with Crippen LogP contribution in [0, 0.1) is 0 Å². The molecule has 1 heteroatoms. The Bertz CT molecular complexity index is 184. The van der Waals surface area contributed by atoms with Crippen LogP contribution in [0.5, 0.6) is 0 Å². The Morgan fingerprint density at radius 1 is 0.875 bits per heavy atom. The first-order chi connectivity index (χ1) is 7.93. The molecule has 0 atom stereocenters. The van der Waals surface area contributed by atoms with Crippen molar-refractivity contribution in [2.45, 2.75) is 77.0 Å². The van der Waals surface area contributed by atoms with E-state index in [-0.39, 0.29) is 0 Å². The fourth-order valence-electron chi connectivity index (χ4n) is 2.49. The molecule has 0 saturated heterocycles. The first-order valence-corrected chi connectivity index (χ1v) is 7.22.